The Morgan fingerprint density at radius 2 is 1.76 bits per heavy atom. The van der Waals surface area contributed by atoms with Gasteiger partial charge in [0.15, 0.2) is 0 Å². The molecule has 1 unspecified atom stereocenters. The fourth-order valence-electron chi connectivity index (χ4n) is 2.22. The van der Waals surface area contributed by atoms with Crippen LogP contribution >= 0.6 is 0 Å². The number of aliphatic hydroxyl groups excluding tert-OH is 1. The van der Waals surface area contributed by atoms with Gasteiger partial charge in [0.2, 0.25) is 0 Å². The Balaban J connectivity index is 1.42. The van der Waals surface area contributed by atoms with Gasteiger partial charge >= 0.3 is 0 Å². The summed E-state index contributed by atoms with van der Waals surface area (Å²) < 4.78 is 16.6. The predicted molar refractivity (Wildman–Crippen MR) is 78.9 cm³/mol. The number of ether oxygens (including phenoxy) is 3. The van der Waals surface area contributed by atoms with Crippen molar-refractivity contribution >= 4 is 0 Å². The molecule has 2 aromatic rings. The Bertz CT molecular complexity index is 583. The zero-order valence-electron chi connectivity index (χ0n) is 11.7. The van der Waals surface area contributed by atoms with E-state index in [4.69, 9.17) is 14.2 Å². The smallest absolute Gasteiger partial charge is 0.129 e. The second-order valence-electron chi connectivity index (χ2n) is 4.89. The molecule has 4 nitrogen and oxygen atoms in total. The fraction of sp³-hybridized carbons (Fsp3) is 0.294. The van der Waals surface area contributed by atoms with Gasteiger partial charge in [-0.2, -0.15) is 0 Å². The number of fused-ring (bicyclic) bond motifs is 1. The summed E-state index contributed by atoms with van der Waals surface area (Å²) in [6.45, 7) is 1.52. The molecule has 0 fully saturated rings. The van der Waals surface area contributed by atoms with Crippen molar-refractivity contribution in [2.45, 2.75) is 12.5 Å². The van der Waals surface area contributed by atoms with Crippen molar-refractivity contribution in [2.24, 2.45) is 0 Å². The monoisotopic (exact) mass is 286 g/mol. The van der Waals surface area contributed by atoms with E-state index in [1.54, 1.807) is 0 Å². The maximum atomic E-state index is 9.64. The largest absolute Gasteiger partial charge is 0.493 e. The van der Waals surface area contributed by atoms with E-state index < -0.39 is 6.10 Å². The van der Waals surface area contributed by atoms with E-state index in [0.717, 1.165) is 23.5 Å². The maximum Gasteiger partial charge on any atom is 0.129 e. The van der Waals surface area contributed by atoms with Crippen LogP contribution in [0.25, 0.3) is 0 Å². The molecule has 1 aliphatic heterocycles. The lowest BCUT2D eigenvalue weighted by molar-refractivity contribution is 0.140. The Morgan fingerprint density at radius 1 is 1.00 bits per heavy atom. The Morgan fingerprint density at radius 3 is 2.57 bits per heavy atom. The van der Waals surface area contributed by atoms with Gasteiger partial charge in [0, 0.05) is 18.1 Å². The topological polar surface area (TPSA) is 47.9 Å². The summed E-state index contributed by atoms with van der Waals surface area (Å²) in [7, 11) is 0. The average molecular weight is 286 g/mol. The molecule has 3 rings (SSSR count). The van der Waals surface area contributed by atoms with E-state index in [9.17, 15) is 5.11 Å². The van der Waals surface area contributed by atoms with Crippen molar-refractivity contribution < 1.29 is 19.3 Å². The molecule has 0 amide bonds. The third-order valence-electron chi connectivity index (χ3n) is 3.31. The molecule has 0 spiro atoms. The number of para-hydroxylation sites is 1. The molecule has 1 atom stereocenters. The molecule has 2 aromatic carbocycles. The van der Waals surface area contributed by atoms with Crippen molar-refractivity contribution in [1.82, 2.24) is 0 Å². The molecular formula is C17H18O4. The molecule has 1 heterocycles. The Kier molecular flexibility index (Phi) is 4.26. The molecule has 0 saturated heterocycles. The number of rotatable bonds is 6. The van der Waals surface area contributed by atoms with Gasteiger partial charge < -0.3 is 19.3 Å². The first-order chi connectivity index (χ1) is 10.3. The van der Waals surface area contributed by atoms with Gasteiger partial charge in [-0.15, -0.1) is 0 Å². The first-order valence-corrected chi connectivity index (χ1v) is 7.08. The van der Waals surface area contributed by atoms with Crippen LogP contribution in [0.15, 0.2) is 48.5 Å². The minimum absolute atomic E-state index is 0.323. The predicted octanol–water partition coefficient (Wildman–Crippen LogP) is 2.96. The molecule has 0 radical (unpaired) electrons. The van der Waals surface area contributed by atoms with Crippen molar-refractivity contribution in [3.05, 3.63) is 54.1 Å². The van der Waals surface area contributed by atoms with Crippen molar-refractivity contribution in [1.29, 1.82) is 0 Å². The lowest BCUT2D eigenvalue weighted by Gasteiger charge is -2.09. The van der Waals surface area contributed by atoms with Gasteiger partial charge in [0.05, 0.1) is 13.2 Å². The zero-order chi connectivity index (χ0) is 14.5. The summed E-state index contributed by atoms with van der Waals surface area (Å²) in [5.41, 5.74) is 0.828. The highest BCUT2D eigenvalue weighted by Crippen LogP contribution is 2.34. The van der Waals surface area contributed by atoms with Crippen molar-refractivity contribution in [3.63, 3.8) is 0 Å². The van der Waals surface area contributed by atoms with E-state index >= 15 is 0 Å². The molecule has 0 aliphatic carbocycles. The third-order valence-corrected chi connectivity index (χ3v) is 3.31. The lowest BCUT2D eigenvalue weighted by Crippen LogP contribution is -2.05. The second kappa shape index (κ2) is 6.50. The average Bonchev–Trinajstić information content (AvgIpc) is 2.89. The van der Waals surface area contributed by atoms with Gasteiger partial charge in [-0.25, -0.2) is 0 Å². The van der Waals surface area contributed by atoms with E-state index in [1.165, 1.54) is 0 Å². The van der Waals surface area contributed by atoms with Crippen molar-refractivity contribution in [3.8, 4) is 17.2 Å². The van der Waals surface area contributed by atoms with Crippen LogP contribution in [0.2, 0.25) is 0 Å². The van der Waals surface area contributed by atoms with Gasteiger partial charge in [-0.1, -0.05) is 18.2 Å². The van der Waals surface area contributed by atoms with Gasteiger partial charge in [-0.05, 0) is 24.3 Å². The zero-order valence-corrected chi connectivity index (χ0v) is 11.7. The summed E-state index contributed by atoms with van der Waals surface area (Å²) in [6.07, 6.45) is 0.281. The summed E-state index contributed by atoms with van der Waals surface area (Å²) >= 11 is 0. The quantitative estimate of drug-likeness (QED) is 0.829. The van der Waals surface area contributed by atoms with Crippen LogP contribution in [0.3, 0.4) is 0 Å². The molecule has 110 valence electrons. The van der Waals surface area contributed by atoms with Gasteiger partial charge in [0.1, 0.15) is 30.0 Å². The molecule has 0 aromatic heterocycles. The van der Waals surface area contributed by atoms with E-state index in [0.29, 0.717) is 25.6 Å². The highest BCUT2D eigenvalue weighted by molar-refractivity contribution is 5.44. The third kappa shape index (κ3) is 3.47. The van der Waals surface area contributed by atoms with Crippen LogP contribution in [0.4, 0.5) is 0 Å². The first-order valence-electron chi connectivity index (χ1n) is 7.08. The van der Waals surface area contributed by atoms with Gasteiger partial charge in [0.25, 0.3) is 0 Å². The van der Waals surface area contributed by atoms with E-state index in [2.05, 4.69) is 0 Å². The van der Waals surface area contributed by atoms with E-state index in [-0.39, 0.29) is 0 Å². The van der Waals surface area contributed by atoms with Crippen LogP contribution in [-0.2, 0) is 0 Å². The summed E-state index contributed by atoms with van der Waals surface area (Å²) in [6, 6.07) is 15.3. The maximum absolute atomic E-state index is 9.64. The molecule has 21 heavy (non-hydrogen) atoms. The lowest BCUT2D eigenvalue weighted by atomic mass is 10.1. The SMILES string of the molecule is OC1COc2cc(OCCCOc3ccccc3)ccc21. The number of hydrogen-bond acceptors (Lipinski definition) is 4. The molecule has 1 N–H and O–H groups in total. The summed E-state index contributed by atoms with van der Waals surface area (Å²) in [4.78, 5) is 0. The highest BCUT2D eigenvalue weighted by atomic mass is 16.5. The standard InChI is InChI=1S/C17H18O4/c18-16-12-21-17-11-14(7-8-15(16)17)20-10-4-9-19-13-5-2-1-3-6-13/h1-3,5-8,11,16,18H,4,9-10,12H2. The Hall–Kier alpha value is -2.20. The minimum atomic E-state index is -0.520. The number of hydrogen-bond donors (Lipinski definition) is 1. The van der Waals surface area contributed by atoms with Crippen LogP contribution in [0.1, 0.15) is 18.1 Å². The summed E-state index contributed by atoms with van der Waals surface area (Å²) in [5.74, 6) is 2.33. The van der Waals surface area contributed by atoms with Crippen LogP contribution < -0.4 is 14.2 Å². The molecule has 4 heteroatoms. The molecular weight excluding hydrogens is 268 g/mol. The Labute approximate surface area is 123 Å². The van der Waals surface area contributed by atoms with Crippen LogP contribution in [0, 0.1) is 0 Å². The van der Waals surface area contributed by atoms with Crippen molar-refractivity contribution in [2.75, 3.05) is 19.8 Å². The number of aliphatic hydroxyl groups is 1. The normalized spacial score (nSPS) is 16.1. The summed E-state index contributed by atoms with van der Waals surface area (Å²) in [5, 5.41) is 9.64. The first kappa shape index (κ1) is 13.8. The van der Waals surface area contributed by atoms with E-state index in [1.807, 2.05) is 48.5 Å². The minimum Gasteiger partial charge on any atom is -0.493 e. The fourth-order valence-corrected chi connectivity index (χ4v) is 2.22. The van der Waals surface area contributed by atoms with Crippen LogP contribution in [0.5, 0.6) is 17.2 Å². The molecule has 1 aliphatic rings. The van der Waals surface area contributed by atoms with Gasteiger partial charge in [-0.3, -0.25) is 0 Å². The number of benzene rings is 2. The molecule has 0 bridgehead atoms. The molecule has 0 saturated carbocycles. The highest BCUT2D eigenvalue weighted by Gasteiger charge is 2.21. The van der Waals surface area contributed by atoms with Crippen LogP contribution in [-0.4, -0.2) is 24.9 Å². The second-order valence-corrected chi connectivity index (χ2v) is 4.89.